The van der Waals surface area contributed by atoms with Gasteiger partial charge >= 0.3 is 0 Å². The molecule has 1 aromatic heterocycles. The first-order valence-electron chi connectivity index (χ1n) is 8.82. The van der Waals surface area contributed by atoms with Gasteiger partial charge in [0.2, 0.25) is 0 Å². The van der Waals surface area contributed by atoms with Crippen molar-refractivity contribution < 1.29 is 18.9 Å². The summed E-state index contributed by atoms with van der Waals surface area (Å²) in [6, 6.07) is 10.3. The topological polar surface area (TPSA) is 36.9 Å². The van der Waals surface area contributed by atoms with E-state index in [2.05, 4.69) is 51.8 Å². The first-order chi connectivity index (χ1) is 12.8. The van der Waals surface area contributed by atoms with E-state index >= 15 is 0 Å². The zero-order valence-electron chi connectivity index (χ0n) is 15.1. The predicted molar refractivity (Wildman–Crippen MR) is 107 cm³/mol. The van der Waals surface area contributed by atoms with E-state index in [1.807, 2.05) is 12.1 Å². The normalized spacial score (nSPS) is 25.7. The van der Waals surface area contributed by atoms with Crippen LogP contribution in [0.2, 0.25) is 0 Å². The Hall–Kier alpha value is -0.760. The van der Waals surface area contributed by atoms with Crippen LogP contribution < -0.4 is 0 Å². The van der Waals surface area contributed by atoms with E-state index in [1.165, 1.54) is 11.1 Å². The molecule has 0 bridgehead atoms. The van der Waals surface area contributed by atoms with Gasteiger partial charge in [-0.15, -0.1) is 0 Å². The molecule has 0 spiro atoms. The van der Waals surface area contributed by atoms with Crippen molar-refractivity contribution in [2.45, 2.75) is 56.5 Å². The SMILES string of the molecule is CC[C@H]1OC(OC)[C@H](OCc2ccccc2CBr)[C@H]1OCc1ccsc1. The zero-order chi connectivity index (χ0) is 18.4. The molecule has 6 heteroatoms. The van der Waals surface area contributed by atoms with Crippen LogP contribution in [-0.2, 0) is 37.5 Å². The van der Waals surface area contributed by atoms with Gasteiger partial charge < -0.3 is 18.9 Å². The molecule has 1 saturated heterocycles. The van der Waals surface area contributed by atoms with Gasteiger partial charge in [0.05, 0.1) is 19.3 Å². The third-order valence-electron chi connectivity index (χ3n) is 4.62. The summed E-state index contributed by atoms with van der Waals surface area (Å²) < 4.78 is 24.0. The van der Waals surface area contributed by atoms with Gasteiger partial charge in [-0.05, 0) is 39.9 Å². The van der Waals surface area contributed by atoms with Crippen molar-refractivity contribution in [2.24, 2.45) is 0 Å². The number of ether oxygens (including phenoxy) is 4. The molecule has 0 aliphatic carbocycles. The average Bonchev–Trinajstić information content (AvgIpc) is 3.31. The van der Waals surface area contributed by atoms with Crippen LogP contribution in [0.15, 0.2) is 41.1 Å². The molecule has 0 N–H and O–H groups in total. The molecule has 0 saturated carbocycles. The largest absolute Gasteiger partial charge is 0.368 e. The molecule has 1 aliphatic heterocycles. The molecule has 1 fully saturated rings. The fraction of sp³-hybridized carbons (Fsp3) is 0.500. The van der Waals surface area contributed by atoms with Crippen molar-refractivity contribution in [3.05, 3.63) is 57.8 Å². The molecule has 0 amide bonds. The summed E-state index contributed by atoms with van der Waals surface area (Å²) in [6.45, 7) is 3.16. The molecule has 4 nitrogen and oxygen atoms in total. The highest BCUT2D eigenvalue weighted by Gasteiger charge is 2.45. The first kappa shape index (κ1) is 20.0. The Morgan fingerprint density at radius 2 is 1.85 bits per heavy atom. The molecular formula is C20H25BrO4S. The molecular weight excluding hydrogens is 416 g/mol. The molecule has 26 heavy (non-hydrogen) atoms. The average molecular weight is 441 g/mol. The Labute approximate surface area is 167 Å². The number of methoxy groups -OCH3 is 1. The summed E-state index contributed by atoms with van der Waals surface area (Å²) in [6.07, 6.45) is -0.00190. The van der Waals surface area contributed by atoms with E-state index < -0.39 is 6.29 Å². The zero-order valence-corrected chi connectivity index (χ0v) is 17.5. The van der Waals surface area contributed by atoms with Gasteiger partial charge in [-0.1, -0.05) is 47.1 Å². The van der Waals surface area contributed by atoms with Crippen molar-refractivity contribution >= 4 is 27.3 Å². The van der Waals surface area contributed by atoms with Crippen molar-refractivity contribution in [3.63, 3.8) is 0 Å². The summed E-state index contributed by atoms with van der Waals surface area (Å²) in [5, 5.41) is 4.97. The number of halogens is 1. The number of hydrogen-bond donors (Lipinski definition) is 0. The fourth-order valence-electron chi connectivity index (χ4n) is 3.17. The molecule has 4 atom stereocenters. The summed E-state index contributed by atoms with van der Waals surface area (Å²) in [4.78, 5) is 0. The van der Waals surface area contributed by atoms with Gasteiger partial charge in [-0.2, -0.15) is 11.3 Å². The monoisotopic (exact) mass is 440 g/mol. The van der Waals surface area contributed by atoms with Gasteiger partial charge in [0.1, 0.15) is 12.2 Å². The Balaban J connectivity index is 1.69. The summed E-state index contributed by atoms with van der Waals surface area (Å²) in [5.74, 6) is 0. The van der Waals surface area contributed by atoms with Gasteiger partial charge in [0.15, 0.2) is 6.29 Å². The molecule has 1 aromatic carbocycles. The third kappa shape index (κ3) is 4.74. The van der Waals surface area contributed by atoms with Crippen molar-refractivity contribution in [2.75, 3.05) is 7.11 Å². The number of alkyl halides is 1. The van der Waals surface area contributed by atoms with Crippen LogP contribution in [-0.4, -0.2) is 31.7 Å². The molecule has 1 unspecified atom stereocenters. The molecule has 2 heterocycles. The smallest absolute Gasteiger partial charge is 0.186 e. The van der Waals surface area contributed by atoms with Crippen LogP contribution in [0.4, 0.5) is 0 Å². The Kier molecular flexibility index (Phi) is 7.66. The highest BCUT2D eigenvalue weighted by atomic mass is 79.9. The number of thiophene rings is 1. The maximum atomic E-state index is 6.26. The standard InChI is InChI=1S/C20H25BrO4S/c1-3-17-18(23-11-14-8-9-26-13-14)19(20(22-2)25-17)24-12-16-7-5-4-6-15(16)10-21/h4-9,13,17-20H,3,10-12H2,1-2H3/t17-,18+,19-,20?/m1/s1. The van der Waals surface area contributed by atoms with E-state index in [1.54, 1.807) is 18.4 Å². The molecule has 1 aliphatic rings. The van der Waals surface area contributed by atoms with Gasteiger partial charge in [0, 0.05) is 12.4 Å². The quantitative estimate of drug-likeness (QED) is 0.519. The van der Waals surface area contributed by atoms with Crippen LogP contribution in [0.1, 0.15) is 30.0 Å². The number of benzene rings is 1. The van der Waals surface area contributed by atoms with E-state index in [-0.39, 0.29) is 18.3 Å². The first-order valence-corrected chi connectivity index (χ1v) is 10.9. The van der Waals surface area contributed by atoms with Crippen molar-refractivity contribution in [1.29, 1.82) is 0 Å². The summed E-state index contributed by atoms with van der Waals surface area (Å²) >= 11 is 5.21. The minimum absolute atomic E-state index is 0.0324. The predicted octanol–water partition coefficient (Wildman–Crippen LogP) is 4.89. The lowest BCUT2D eigenvalue weighted by Gasteiger charge is -2.24. The second-order valence-electron chi connectivity index (χ2n) is 6.27. The van der Waals surface area contributed by atoms with E-state index in [9.17, 15) is 0 Å². The van der Waals surface area contributed by atoms with Crippen LogP contribution in [0.3, 0.4) is 0 Å². The van der Waals surface area contributed by atoms with E-state index in [0.29, 0.717) is 13.2 Å². The third-order valence-corrected chi connectivity index (χ3v) is 5.95. The van der Waals surface area contributed by atoms with Crippen LogP contribution in [0, 0.1) is 0 Å². The molecule has 0 radical (unpaired) electrons. The van der Waals surface area contributed by atoms with Gasteiger partial charge in [0.25, 0.3) is 0 Å². The van der Waals surface area contributed by atoms with Crippen LogP contribution in [0.5, 0.6) is 0 Å². The highest BCUT2D eigenvalue weighted by molar-refractivity contribution is 9.08. The summed E-state index contributed by atoms with van der Waals surface area (Å²) in [5.41, 5.74) is 3.56. The minimum atomic E-state index is -0.413. The molecule has 2 aromatic rings. The Bertz CT molecular complexity index is 664. The van der Waals surface area contributed by atoms with Gasteiger partial charge in [-0.3, -0.25) is 0 Å². The number of rotatable bonds is 9. The summed E-state index contributed by atoms with van der Waals surface area (Å²) in [7, 11) is 1.65. The molecule has 142 valence electrons. The maximum absolute atomic E-state index is 6.26. The lowest BCUT2D eigenvalue weighted by Crippen LogP contribution is -2.38. The lowest BCUT2D eigenvalue weighted by atomic mass is 10.1. The van der Waals surface area contributed by atoms with Crippen LogP contribution >= 0.6 is 27.3 Å². The van der Waals surface area contributed by atoms with E-state index in [4.69, 9.17) is 18.9 Å². The Morgan fingerprint density at radius 1 is 1.08 bits per heavy atom. The van der Waals surface area contributed by atoms with E-state index in [0.717, 1.165) is 17.3 Å². The maximum Gasteiger partial charge on any atom is 0.186 e. The minimum Gasteiger partial charge on any atom is -0.368 e. The van der Waals surface area contributed by atoms with Crippen molar-refractivity contribution in [1.82, 2.24) is 0 Å². The highest BCUT2D eigenvalue weighted by Crippen LogP contribution is 2.31. The molecule has 3 rings (SSSR count). The van der Waals surface area contributed by atoms with Crippen molar-refractivity contribution in [3.8, 4) is 0 Å². The fourth-order valence-corrected chi connectivity index (χ4v) is 4.37. The number of hydrogen-bond acceptors (Lipinski definition) is 5. The van der Waals surface area contributed by atoms with Gasteiger partial charge in [-0.25, -0.2) is 0 Å². The second-order valence-corrected chi connectivity index (χ2v) is 7.61. The Morgan fingerprint density at radius 3 is 2.50 bits per heavy atom. The second kappa shape index (κ2) is 9.97. The van der Waals surface area contributed by atoms with Crippen LogP contribution in [0.25, 0.3) is 0 Å². The lowest BCUT2D eigenvalue weighted by molar-refractivity contribution is -0.166.